The summed E-state index contributed by atoms with van der Waals surface area (Å²) in [6, 6.07) is 0. The maximum absolute atomic E-state index is 5.77. The van der Waals surface area contributed by atoms with Crippen LogP contribution in [0, 0.1) is 25.7 Å². The number of hydrogen-bond donors (Lipinski definition) is 1. The third kappa shape index (κ3) is 1.67. The van der Waals surface area contributed by atoms with Crippen LogP contribution in [0.3, 0.4) is 0 Å². The van der Waals surface area contributed by atoms with Gasteiger partial charge in [-0.2, -0.15) is 0 Å². The molecule has 3 heteroatoms. The lowest BCUT2D eigenvalue weighted by molar-refractivity contribution is 0.180. The first-order valence-electron chi connectivity index (χ1n) is 6.48. The van der Waals surface area contributed by atoms with E-state index in [9.17, 15) is 0 Å². The molecule has 0 saturated carbocycles. The molecule has 0 unspecified atom stereocenters. The van der Waals surface area contributed by atoms with Gasteiger partial charge >= 0.3 is 0 Å². The van der Waals surface area contributed by atoms with Gasteiger partial charge in [-0.15, -0.1) is 0 Å². The van der Waals surface area contributed by atoms with E-state index in [1.165, 1.54) is 46.8 Å². The van der Waals surface area contributed by atoms with E-state index >= 15 is 0 Å². The quantitative estimate of drug-likeness (QED) is 0.711. The molecule has 1 aromatic heterocycles. The topological polar surface area (TPSA) is 19.0 Å². The third-order valence-electron chi connectivity index (χ3n) is 4.59. The van der Waals surface area contributed by atoms with Crippen LogP contribution in [0.15, 0.2) is 0 Å². The number of fused-ring (bicyclic) bond motifs is 2. The highest BCUT2D eigenvalue weighted by molar-refractivity contribution is 7.80. The lowest BCUT2D eigenvalue weighted by atomic mass is 9.73. The molecule has 17 heavy (non-hydrogen) atoms. The van der Waals surface area contributed by atoms with Crippen molar-refractivity contribution in [3.05, 3.63) is 22.5 Å². The Kier molecular flexibility index (Phi) is 2.64. The second-order valence-corrected chi connectivity index (χ2v) is 6.15. The summed E-state index contributed by atoms with van der Waals surface area (Å²) in [6.07, 6.45) is 2.49. The zero-order valence-corrected chi connectivity index (χ0v) is 11.7. The average Bonchev–Trinajstić information content (AvgIpc) is 2.57. The second kappa shape index (κ2) is 3.92. The minimum Gasteiger partial charge on any atom is -0.362 e. The van der Waals surface area contributed by atoms with E-state index < -0.39 is 0 Å². The zero-order chi connectivity index (χ0) is 12.2. The number of piperidine rings is 1. The number of aromatic amines is 1. The Hall–Kier alpha value is -0.670. The van der Waals surface area contributed by atoms with Crippen LogP contribution < -0.4 is 0 Å². The van der Waals surface area contributed by atoms with Gasteiger partial charge in [0.2, 0.25) is 0 Å². The normalized spacial score (nSPS) is 29.0. The first-order valence-corrected chi connectivity index (χ1v) is 6.89. The lowest BCUT2D eigenvalue weighted by Crippen LogP contribution is -2.44. The molecule has 0 amide bonds. The van der Waals surface area contributed by atoms with Gasteiger partial charge < -0.3 is 9.88 Å². The average molecular weight is 248 g/mol. The molecule has 92 valence electrons. The minimum absolute atomic E-state index is 0.602. The van der Waals surface area contributed by atoms with Crippen molar-refractivity contribution in [3.8, 4) is 0 Å². The van der Waals surface area contributed by atoms with E-state index in [0.29, 0.717) is 5.92 Å². The fourth-order valence-corrected chi connectivity index (χ4v) is 3.98. The molecular formula is C14H20N2S. The van der Waals surface area contributed by atoms with Crippen molar-refractivity contribution < 1.29 is 0 Å². The van der Waals surface area contributed by atoms with E-state index in [4.69, 9.17) is 12.2 Å². The van der Waals surface area contributed by atoms with Crippen molar-refractivity contribution in [2.45, 2.75) is 26.7 Å². The molecule has 2 heterocycles. The summed E-state index contributed by atoms with van der Waals surface area (Å²) in [5, 5.41) is 0. The van der Waals surface area contributed by atoms with E-state index in [2.05, 4.69) is 30.8 Å². The smallest absolute Gasteiger partial charge is 0.0291 e. The maximum Gasteiger partial charge on any atom is 0.0291 e. The van der Waals surface area contributed by atoms with Gasteiger partial charge in [-0.1, -0.05) is 12.2 Å². The standard InChI is InChI=1S/C14H20N2S/c1-8-9(2)15-12-6-10-4-5-16(3)7-11(10)14(17)13(8)12/h10-11,15H,4-7H2,1-3H3/t10-,11+/m0/s1. The number of aryl methyl sites for hydroxylation is 1. The fourth-order valence-electron chi connectivity index (χ4n) is 3.44. The maximum atomic E-state index is 5.77. The van der Waals surface area contributed by atoms with Crippen LogP contribution in [0.4, 0.5) is 0 Å². The third-order valence-corrected chi connectivity index (χ3v) is 5.09. The molecule has 2 atom stereocenters. The van der Waals surface area contributed by atoms with Crippen LogP contribution >= 0.6 is 12.2 Å². The lowest BCUT2D eigenvalue weighted by Gasteiger charge is -2.40. The molecule has 0 radical (unpaired) electrons. The highest BCUT2D eigenvalue weighted by Gasteiger charge is 2.37. The number of likely N-dealkylation sites (tertiary alicyclic amines) is 1. The summed E-state index contributed by atoms with van der Waals surface area (Å²) >= 11 is 5.77. The Bertz CT molecular complexity index is 475. The summed E-state index contributed by atoms with van der Waals surface area (Å²) in [5.74, 6) is 1.37. The van der Waals surface area contributed by atoms with Gasteiger partial charge in [0.1, 0.15) is 0 Å². The van der Waals surface area contributed by atoms with Gasteiger partial charge in [-0.05, 0) is 51.8 Å². The number of nitrogens with zero attached hydrogens (tertiary/aromatic N) is 1. The molecule has 0 bridgehead atoms. The first kappa shape index (κ1) is 11.4. The summed E-state index contributed by atoms with van der Waals surface area (Å²) in [7, 11) is 2.21. The SMILES string of the molecule is Cc1[nH]c2c(c1C)C(=S)[C@@H]1CN(C)CC[C@H]1C2. The van der Waals surface area contributed by atoms with E-state index in [0.717, 1.165) is 12.5 Å². The molecule has 1 aliphatic heterocycles. The van der Waals surface area contributed by atoms with Gasteiger partial charge in [-0.25, -0.2) is 0 Å². The molecule has 2 aliphatic rings. The van der Waals surface area contributed by atoms with Crippen molar-refractivity contribution in [3.63, 3.8) is 0 Å². The zero-order valence-electron chi connectivity index (χ0n) is 10.8. The molecule has 0 aromatic carbocycles. The van der Waals surface area contributed by atoms with Crippen LogP contribution in [-0.2, 0) is 6.42 Å². The number of nitrogens with one attached hydrogen (secondary N) is 1. The van der Waals surface area contributed by atoms with E-state index in [1.807, 2.05) is 0 Å². The predicted octanol–water partition coefficient (Wildman–Crippen LogP) is 2.47. The van der Waals surface area contributed by atoms with Crippen LogP contribution in [0.25, 0.3) is 0 Å². The van der Waals surface area contributed by atoms with Gasteiger partial charge in [-0.3, -0.25) is 0 Å². The van der Waals surface area contributed by atoms with Crippen molar-refractivity contribution in [2.75, 3.05) is 20.1 Å². The monoisotopic (exact) mass is 248 g/mol. The minimum atomic E-state index is 0.602. The van der Waals surface area contributed by atoms with E-state index in [-0.39, 0.29) is 0 Å². The van der Waals surface area contributed by atoms with Crippen LogP contribution in [0.5, 0.6) is 0 Å². The number of aromatic nitrogens is 1. The molecule has 2 nitrogen and oxygen atoms in total. The molecule has 1 aromatic rings. The number of thiocarbonyl (C=S) groups is 1. The molecule has 3 rings (SSSR count). The summed E-state index contributed by atoms with van der Waals surface area (Å²) in [6.45, 7) is 6.72. The van der Waals surface area contributed by atoms with E-state index in [1.54, 1.807) is 0 Å². The molecule has 1 aliphatic carbocycles. The van der Waals surface area contributed by atoms with Gasteiger partial charge in [0.05, 0.1) is 0 Å². The number of H-pyrrole nitrogens is 1. The van der Waals surface area contributed by atoms with Crippen molar-refractivity contribution >= 4 is 17.1 Å². The number of hydrogen-bond acceptors (Lipinski definition) is 2. The molecule has 0 spiro atoms. The molecule has 1 N–H and O–H groups in total. The van der Waals surface area contributed by atoms with Crippen LogP contribution in [0.2, 0.25) is 0 Å². The Morgan fingerprint density at radius 3 is 2.88 bits per heavy atom. The van der Waals surface area contributed by atoms with Crippen LogP contribution in [0.1, 0.15) is 28.9 Å². The Balaban J connectivity index is 2.03. The van der Waals surface area contributed by atoms with Gasteiger partial charge in [0.25, 0.3) is 0 Å². The van der Waals surface area contributed by atoms with Gasteiger partial charge in [0, 0.05) is 34.3 Å². The predicted molar refractivity (Wildman–Crippen MR) is 74.8 cm³/mol. The van der Waals surface area contributed by atoms with Gasteiger partial charge in [0.15, 0.2) is 0 Å². The highest BCUT2D eigenvalue weighted by atomic mass is 32.1. The largest absolute Gasteiger partial charge is 0.362 e. The Morgan fingerprint density at radius 1 is 1.35 bits per heavy atom. The summed E-state index contributed by atoms with van der Waals surface area (Å²) < 4.78 is 0. The molecule has 1 saturated heterocycles. The van der Waals surface area contributed by atoms with Crippen molar-refractivity contribution in [2.24, 2.45) is 11.8 Å². The van der Waals surface area contributed by atoms with Crippen molar-refractivity contribution in [1.82, 2.24) is 9.88 Å². The molecular weight excluding hydrogens is 228 g/mol. The second-order valence-electron chi connectivity index (χ2n) is 5.71. The first-order chi connectivity index (χ1) is 8.08. The number of rotatable bonds is 0. The summed E-state index contributed by atoms with van der Waals surface area (Å²) in [4.78, 5) is 7.17. The fraction of sp³-hybridized carbons (Fsp3) is 0.643. The highest BCUT2D eigenvalue weighted by Crippen LogP contribution is 2.37. The van der Waals surface area contributed by atoms with Crippen LogP contribution in [-0.4, -0.2) is 34.9 Å². The summed E-state index contributed by atoms with van der Waals surface area (Å²) in [5.41, 5.74) is 5.44. The molecule has 1 fully saturated rings. The Labute approximate surface area is 108 Å². The van der Waals surface area contributed by atoms with Crippen molar-refractivity contribution in [1.29, 1.82) is 0 Å². The Morgan fingerprint density at radius 2 is 2.12 bits per heavy atom.